The van der Waals surface area contributed by atoms with E-state index in [1.165, 1.54) is 0 Å². The second-order valence-corrected chi connectivity index (χ2v) is 7.29. The zero-order chi connectivity index (χ0) is 15.9. The van der Waals surface area contributed by atoms with Crippen LogP contribution in [-0.4, -0.2) is 30.3 Å². The van der Waals surface area contributed by atoms with Crippen molar-refractivity contribution in [2.75, 3.05) is 19.4 Å². The van der Waals surface area contributed by atoms with Gasteiger partial charge in [0.15, 0.2) is 0 Å². The molecule has 5 nitrogen and oxygen atoms in total. The Labute approximate surface area is 133 Å². The van der Waals surface area contributed by atoms with Crippen molar-refractivity contribution < 1.29 is 23.5 Å². The lowest BCUT2D eigenvalue weighted by atomic mass is 10.1. The van der Waals surface area contributed by atoms with Crippen molar-refractivity contribution in [2.24, 2.45) is 0 Å². The first kappa shape index (κ1) is 18.5. The summed E-state index contributed by atoms with van der Waals surface area (Å²) in [5.74, 6) is -0.358. The molecular weight excluding hydrogens is 359 g/mol. The van der Waals surface area contributed by atoms with Crippen molar-refractivity contribution in [1.29, 1.82) is 0 Å². The summed E-state index contributed by atoms with van der Waals surface area (Å²) in [6.45, 7) is 3.78. The van der Waals surface area contributed by atoms with E-state index in [1.54, 1.807) is 32.0 Å². The molecule has 0 spiro atoms. The van der Waals surface area contributed by atoms with Gasteiger partial charge < -0.3 is 14.2 Å². The number of hydrogen-bond donors (Lipinski definition) is 1. The Morgan fingerprint density at radius 1 is 1.29 bits per heavy atom. The van der Waals surface area contributed by atoms with E-state index in [4.69, 9.17) is 9.05 Å². The molecule has 0 saturated carbocycles. The highest BCUT2D eigenvalue weighted by atomic mass is 79.9. The minimum Gasteiger partial charge on any atom is -0.388 e. The fourth-order valence-corrected chi connectivity index (χ4v) is 4.03. The summed E-state index contributed by atoms with van der Waals surface area (Å²) in [6.07, 6.45) is -1.41. The van der Waals surface area contributed by atoms with Gasteiger partial charge in [-0.3, -0.25) is 9.36 Å². The second kappa shape index (κ2) is 8.81. The summed E-state index contributed by atoms with van der Waals surface area (Å²) in [7, 11) is -3.41. The number of carbonyl (C=O) groups is 1. The van der Waals surface area contributed by atoms with Gasteiger partial charge in [0.1, 0.15) is 11.9 Å². The van der Waals surface area contributed by atoms with E-state index in [1.807, 2.05) is 6.07 Å². The summed E-state index contributed by atoms with van der Waals surface area (Å²) < 4.78 is 23.1. The largest absolute Gasteiger partial charge is 0.388 e. The lowest BCUT2D eigenvalue weighted by molar-refractivity contribution is -0.118. The third-order valence-corrected chi connectivity index (χ3v) is 5.47. The molecule has 1 atom stereocenters. The average molecular weight is 379 g/mol. The van der Waals surface area contributed by atoms with E-state index in [-0.39, 0.29) is 31.6 Å². The molecule has 1 rings (SSSR count). The van der Waals surface area contributed by atoms with Crippen LogP contribution in [0.5, 0.6) is 0 Å². The van der Waals surface area contributed by atoms with Crippen molar-refractivity contribution in [3.63, 3.8) is 0 Å². The van der Waals surface area contributed by atoms with Gasteiger partial charge in [0.25, 0.3) is 0 Å². The molecule has 0 saturated heterocycles. The Kier molecular flexibility index (Phi) is 7.77. The maximum atomic E-state index is 12.3. The Morgan fingerprint density at radius 3 is 2.38 bits per heavy atom. The van der Waals surface area contributed by atoms with E-state index in [9.17, 15) is 14.5 Å². The molecule has 21 heavy (non-hydrogen) atoms. The standard InChI is InChI=1S/C14H20BrO5P/c1-3-19-21(18,20-4-2)10-11(16)9-14(17)12-7-5-6-8-13(12)15/h5-8,14,17H,3-4,9-10H2,1-2H3/t14-/m1/s1. The molecule has 1 aromatic carbocycles. The molecule has 0 radical (unpaired) electrons. The van der Waals surface area contributed by atoms with Crippen LogP contribution in [0, 0.1) is 0 Å². The predicted molar refractivity (Wildman–Crippen MR) is 84.5 cm³/mol. The van der Waals surface area contributed by atoms with Crippen molar-refractivity contribution in [3.05, 3.63) is 34.3 Å². The van der Waals surface area contributed by atoms with Crippen molar-refractivity contribution >= 4 is 29.3 Å². The average Bonchev–Trinajstić information content (AvgIpc) is 2.38. The molecule has 0 fully saturated rings. The summed E-state index contributed by atoms with van der Waals surface area (Å²) in [5, 5.41) is 10.1. The smallest absolute Gasteiger partial charge is 0.338 e. The van der Waals surface area contributed by atoms with Crippen LogP contribution in [-0.2, 0) is 18.4 Å². The number of carbonyl (C=O) groups excluding carboxylic acids is 1. The third kappa shape index (κ3) is 6.01. The van der Waals surface area contributed by atoms with Gasteiger partial charge in [0, 0.05) is 10.9 Å². The van der Waals surface area contributed by atoms with Crippen molar-refractivity contribution in [3.8, 4) is 0 Å². The lowest BCUT2D eigenvalue weighted by Crippen LogP contribution is -2.13. The number of benzene rings is 1. The van der Waals surface area contributed by atoms with Gasteiger partial charge in [0.05, 0.1) is 19.3 Å². The monoisotopic (exact) mass is 378 g/mol. The highest BCUT2D eigenvalue weighted by Crippen LogP contribution is 2.48. The highest BCUT2D eigenvalue weighted by molar-refractivity contribution is 9.10. The van der Waals surface area contributed by atoms with E-state index in [0.29, 0.717) is 5.56 Å². The molecule has 118 valence electrons. The molecule has 0 unspecified atom stereocenters. The molecule has 1 N–H and O–H groups in total. The van der Waals surface area contributed by atoms with Crippen LogP contribution in [0.15, 0.2) is 28.7 Å². The van der Waals surface area contributed by atoms with Crippen molar-refractivity contribution in [2.45, 2.75) is 26.4 Å². The molecule has 0 bridgehead atoms. The van der Waals surface area contributed by atoms with Crippen LogP contribution < -0.4 is 0 Å². The Bertz CT molecular complexity index is 510. The van der Waals surface area contributed by atoms with E-state index >= 15 is 0 Å². The quantitative estimate of drug-likeness (QED) is 0.663. The molecular formula is C14H20BrO5P. The van der Waals surface area contributed by atoms with Gasteiger partial charge in [-0.15, -0.1) is 0 Å². The van der Waals surface area contributed by atoms with Crippen LogP contribution in [0.25, 0.3) is 0 Å². The maximum absolute atomic E-state index is 12.3. The molecule has 0 heterocycles. The molecule has 1 aromatic rings. The zero-order valence-corrected chi connectivity index (χ0v) is 14.6. The van der Waals surface area contributed by atoms with Gasteiger partial charge in [-0.05, 0) is 25.5 Å². The summed E-state index contributed by atoms with van der Waals surface area (Å²) in [4.78, 5) is 12.0. The number of hydrogen-bond acceptors (Lipinski definition) is 5. The van der Waals surface area contributed by atoms with E-state index < -0.39 is 13.7 Å². The van der Waals surface area contributed by atoms with Gasteiger partial charge in [0.2, 0.25) is 0 Å². The number of halogens is 1. The Morgan fingerprint density at radius 2 is 1.86 bits per heavy atom. The van der Waals surface area contributed by atoms with E-state index in [0.717, 1.165) is 4.47 Å². The highest BCUT2D eigenvalue weighted by Gasteiger charge is 2.28. The normalized spacial score (nSPS) is 13.1. The van der Waals surface area contributed by atoms with E-state index in [2.05, 4.69) is 15.9 Å². The van der Waals surface area contributed by atoms with Gasteiger partial charge in [-0.1, -0.05) is 34.1 Å². The molecule has 0 aliphatic heterocycles. The third-order valence-electron chi connectivity index (χ3n) is 2.71. The predicted octanol–water partition coefficient (Wildman–Crippen LogP) is 3.71. The summed E-state index contributed by atoms with van der Waals surface area (Å²) >= 11 is 3.32. The van der Waals surface area contributed by atoms with Crippen LogP contribution in [0.4, 0.5) is 0 Å². The Balaban J connectivity index is 2.68. The van der Waals surface area contributed by atoms with Crippen LogP contribution in [0.3, 0.4) is 0 Å². The van der Waals surface area contributed by atoms with Gasteiger partial charge in [-0.25, -0.2) is 0 Å². The minimum absolute atomic E-state index is 0.132. The fourth-order valence-electron chi connectivity index (χ4n) is 1.87. The first-order valence-corrected chi connectivity index (χ1v) is 9.26. The molecule has 0 aromatic heterocycles. The topological polar surface area (TPSA) is 72.8 Å². The molecule has 7 heteroatoms. The molecule has 0 amide bonds. The SMILES string of the molecule is CCOP(=O)(CC(=O)C[C@@H](O)c1ccccc1Br)OCC. The van der Waals surface area contributed by atoms with Crippen molar-refractivity contribution in [1.82, 2.24) is 0 Å². The summed E-state index contributed by atoms with van der Waals surface area (Å²) in [5.41, 5.74) is 0.619. The zero-order valence-electron chi connectivity index (χ0n) is 12.1. The first-order chi connectivity index (χ1) is 9.91. The number of Topliss-reactive ketones (excluding diaryl/α,β-unsaturated/α-hetero) is 1. The number of aliphatic hydroxyl groups is 1. The number of aliphatic hydroxyl groups excluding tert-OH is 1. The Hall–Kier alpha value is -0.520. The van der Waals surface area contributed by atoms with Gasteiger partial charge >= 0.3 is 7.60 Å². The summed E-state index contributed by atoms with van der Waals surface area (Å²) in [6, 6.07) is 7.11. The van der Waals surface area contributed by atoms with Crippen LogP contribution >= 0.6 is 23.5 Å². The number of ketones is 1. The molecule has 0 aliphatic rings. The maximum Gasteiger partial charge on any atom is 0.338 e. The number of rotatable bonds is 9. The van der Waals surface area contributed by atoms with Crippen LogP contribution in [0.1, 0.15) is 31.9 Å². The first-order valence-electron chi connectivity index (χ1n) is 6.74. The lowest BCUT2D eigenvalue weighted by Gasteiger charge is -2.17. The second-order valence-electron chi connectivity index (χ2n) is 4.38. The molecule has 0 aliphatic carbocycles. The van der Waals surface area contributed by atoms with Crippen LogP contribution in [0.2, 0.25) is 0 Å². The fraction of sp³-hybridized carbons (Fsp3) is 0.500. The van der Waals surface area contributed by atoms with Gasteiger partial charge in [-0.2, -0.15) is 0 Å². The minimum atomic E-state index is -3.41.